The van der Waals surface area contributed by atoms with Crippen molar-refractivity contribution in [2.45, 2.75) is 122 Å². The van der Waals surface area contributed by atoms with E-state index >= 15 is 0 Å². The molecule has 2 fully saturated rings. The van der Waals surface area contributed by atoms with Gasteiger partial charge in [0, 0.05) is 13.5 Å². The Morgan fingerprint density at radius 3 is 2.08 bits per heavy atom. The Kier molecular flexibility index (Phi) is 9.46. The van der Waals surface area contributed by atoms with Crippen molar-refractivity contribution >= 4 is 26.3 Å². The number of ether oxygens (including phenoxy) is 5. The number of carbonyl (C=O) groups is 3. The van der Waals surface area contributed by atoms with E-state index in [4.69, 9.17) is 28.1 Å². The first kappa shape index (κ1) is 32.5. The minimum absolute atomic E-state index is 0.0121. The summed E-state index contributed by atoms with van der Waals surface area (Å²) in [6.07, 6.45) is -2.61. The lowest BCUT2D eigenvalue weighted by Gasteiger charge is -2.43. The minimum Gasteiger partial charge on any atom is -0.467 e. The summed E-state index contributed by atoms with van der Waals surface area (Å²) in [6.45, 7) is 21.1. The predicted octanol–water partition coefficient (Wildman–Crippen LogP) is 4.30. The Morgan fingerprint density at radius 1 is 1.03 bits per heavy atom. The van der Waals surface area contributed by atoms with Gasteiger partial charge < -0.3 is 33.0 Å². The van der Waals surface area contributed by atoms with Crippen LogP contribution in [0.5, 0.6) is 0 Å². The summed E-state index contributed by atoms with van der Waals surface area (Å²) < 4.78 is 35.6. The molecule has 1 amide bonds. The van der Waals surface area contributed by atoms with Crippen molar-refractivity contribution < 1.29 is 42.5 Å². The minimum atomic E-state index is -2.25. The Bertz CT molecular complexity index is 886. The number of hydrogen-bond acceptors (Lipinski definition) is 9. The van der Waals surface area contributed by atoms with Crippen LogP contribution in [0.25, 0.3) is 0 Å². The Balaban J connectivity index is 2.45. The average Bonchev–Trinajstić information content (AvgIpc) is 3.14. The normalized spacial score (nSPS) is 28.3. The fourth-order valence-electron chi connectivity index (χ4n) is 4.12. The van der Waals surface area contributed by atoms with E-state index in [1.54, 1.807) is 48.6 Å². The van der Waals surface area contributed by atoms with Gasteiger partial charge in [-0.25, -0.2) is 9.59 Å². The molecule has 0 aromatic rings. The van der Waals surface area contributed by atoms with Crippen LogP contribution in [0.15, 0.2) is 0 Å². The molecule has 2 aliphatic heterocycles. The summed E-state index contributed by atoms with van der Waals surface area (Å²) in [5, 5.41) is -0.0854. The first-order valence-electron chi connectivity index (χ1n) is 13.2. The highest BCUT2D eigenvalue weighted by molar-refractivity contribution is 6.74. The van der Waals surface area contributed by atoms with Gasteiger partial charge in [-0.3, -0.25) is 4.79 Å². The van der Waals surface area contributed by atoms with Gasteiger partial charge in [0.05, 0.1) is 31.8 Å². The largest absolute Gasteiger partial charge is 0.467 e. The van der Waals surface area contributed by atoms with Crippen LogP contribution >= 0.6 is 0 Å². The number of likely N-dealkylation sites (N-methyl/N-ethyl adjacent to an activating group) is 1. The van der Waals surface area contributed by atoms with E-state index in [0.29, 0.717) is 0 Å². The van der Waals surface area contributed by atoms with Crippen LogP contribution < -0.4 is 0 Å². The molecule has 0 spiro atoms. The molecule has 2 saturated heterocycles. The summed E-state index contributed by atoms with van der Waals surface area (Å²) in [5.41, 5.74) is -2.94. The van der Waals surface area contributed by atoms with Crippen LogP contribution in [0.3, 0.4) is 0 Å². The monoisotopic (exact) mass is 559 g/mol. The van der Waals surface area contributed by atoms with Gasteiger partial charge in [0.15, 0.2) is 13.9 Å². The standard InChI is InChI=1S/C27H49NO9Si/c1-24(2,3)21(29)35-18-15-33-17-14-27(22(30)32-11,16-34-38(12,13)26(7,8)9)36-20(17)19(18)28(10)23(31)37-25(4,5)6/h17-20H,14-16H2,1-13H3/t17-,18+,19-,20+,27+/m1/s1. The zero-order chi connectivity index (χ0) is 29.5. The van der Waals surface area contributed by atoms with Crippen molar-refractivity contribution in [3.63, 3.8) is 0 Å². The highest BCUT2D eigenvalue weighted by Gasteiger charge is 2.61. The summed E-state index contributed by atoms with van der Waals surface area (Å²) in [5.74, 6) is -1.01. The van der Waals surface area contributed by atoms with Crippen LogP contribution in [0.1, 0.15) is 68.7 Å². The molecule has 0 bridgehead atoms. The molecule has 0 aromatic carbocycles. The second-order valence-corrected chi connectivity index (χ2v) is 18.8. The second-order valence-electron chi connectivity index (χ2n) is 14.0. The highest BCUT2D eigenvalue weighted by Crippen LogP contribution is 2.43. The lowest BCUT2D eigenvalue weighted by molar-refractivity contribution is -0.200. The zero-order valence-electron chi connectivity index (χ0n) is 25.6. The maximum Gasteiger partial charge on any atom is 0.410 e. The van der Waals surface area contributed by atoms with E-state index in [0.717, 1.165) is 0 Å². The topological polar surface area (TPSA) is 110 Å². The highest BCUT2D eigenvalue weighted by atomic mass is 28.4. The molecule has 38 heavy (non-hydrogen) atoms. The van der Waals surface area contributed by atoms with Gasteiger partial charge in [-0.1, -0.05) is 20.8 Å². The van der Waals surface area contributed by atoms with E-state index in [2.05, 4.69) is 33.9 Å². The van der Waals surface area contributed by atoms with Gasteiger partial charge in [0.25, 0.3) is 0 Å². The number of fused-ring (bicyclic) bond motifs is 1. The number of esters is 2. The molecule has 11 heteroatoms. The maximum absolute atomic E-state index is 13.2. The smallest absolute Gasteiger partial charge is 0.410 e. The molecular formula is C27H49NO9Si. The number of rotatable bonds is 6. The number of methoxy groups -OCH3 is 1. The van der Waals surface area contributed by atoms with Crippen LogP contribution in [-0.2, 0) is 37.7 Å². The first-order chi connectivity index (χ1) is 17.0. The molecule has 0 unspecified atom stereocenters. The molecule has 2 rings (SSSR count). The predicted molar refractivity (Wildman–Crippen MR) is 144 cm³/mol. The lowest BCUT2D eigenvalue weighted by atomic mass is 9.92. The molecule has 0 aromatic heterocycles. The van der Waals surface area contributed by atoms with Gasteiger partial charge in [0.2, 0.25) is 0 Å². The van der Waals surface area contributed by atoms with Crippen molar-refractivity contribution in [3.05, 3.63) is 0 Å². The van der Waals surface area contributed by atoms with Crippen molar-refractivity contribution in [2.75, 3.05) is 27.4 Å². The molecule has 0 radical (unpaired) electrons. The van der Waals surface area contributed by atoms with Crippen LogP contribution in [-0.4, -0.2) is 94.2 Å². The van der Waals surface area contributed by atoms with Crippen LogP contribution in [0.4, 0.5) is 4.79 Å². The fourth-order valence-corrected chi connectivity index (χ4v) is 5.15. The third kappa shape index (κ3) is 7.28. The molecular weight excluding hydrogens is 510 g/mol. The molecule has 5 atom stereocenters. The lowest BCUT2D eigenvalue weighted by Crippen LogP contribution is -2.62. The van der Waals surface area contributed by atoms with Gasteiger partial charge in [0.1, 0.15) is 23.9 Å². The third-order valence-corrected chi connectivity index (χ3v) is 12.0. The average molecular weight is 560 g/mol. The number of nitrogens with zero attached hydrogens (tertiary/aromatic N) is 1. The summed E-state index contributed by atoms with van der Waals surface area (Å²) >= 11 is 0. The van der Waals surface area contributed by atoms with Crippen LogP contribution in [0, 0.1) is 5.41 Å². The zero-order valence-corrected chi connectivity index (χ0v) is 26.6. The molecule has 0 N–H and O–H groups in total. The number of amides is 1. The second kappa shape index (κ2) is 11.1. The van der Waals surface area contributed by atoms with Crippen molar-refractivity contribution in [1.82, 2.24) is 4.90 Å². The number of carbonyl (C=O) groups excluding carboxylic acids is 3. The molecule has 10 nitrogen and oxygen atoms in total. The summed E-state index contributed by atoms with van der Waals surface area (Å²) in [6, 6.07) is -0.769. The molecule has 220 valence electrons. The van der Waals surface area contributed by atoms with Gasteiger partial charge in [-0.05, 0) is 59.7 Å². The summed E-state index contributed by atoms with van der Waals surface area (Å²) in [7, 11) is 0.633. The van der Waals surface area contributed by atoms with E-state index in [1.807, 2.05) is 0 Å². The molecule has 2 heterocycles. The van der Waals surface area contributed by atoms with Gasteiger partial charge in [-0.15, -0.1) is 0 Å². The van der Waals surface area contributed by atoms with Crippen molar-refractivity contribution in [2.24, 2.45) is 5.41 Å². The Hall–Kier alpha value is -1.69. The van der Waals surface area contributed by atoms with E-state index in [-0.39, 0.29) is 24.7 Å². The van der Waals surface area contributed by atoms with Gasteiger partial charge >= 0.3 is 18.0 Å². The van der Waals surface area contributed by atoms with E-state index < -0.39 is 67.3 Å². The molecule has 0 aliphatic carbocycles. The molecule has 0 saturated carbocycles. The van der Waals surface area contributed by atoms with E-state index in [1.165, 1.54) is 12.0 Å². The first-order valence-corrected chi connectivity index (χ1v) is 16.1. The Labute approximate surface area is 229 Å². The maximum atomic E-state index is 13.2. The van der Waals surface area contributed by atoms with E-state index in [9.17, 15) is 14.4 Å². The third-order valence-electron chi connectivity index (χ3n) is 7.48. The molecule has 2 aliphatic rings. The SMILES string of the molecule is COC(=O)[C@@]1(CO[Si](C)(C)C(C)(C)C)C[C@H]2OC[C@H](OC(=O)C(C)(C)C)[C@@H](N(C)C(=O)OC(C)(C)C)[C@H]2O1. The Morgan fingerprint density at radius 2 is 1.61 bits per heavy atom. The van der Waals surface area contributed by atoms with Crippen LogP contribution in [0.2, 0.25) is 18.1 Å². The van der Waals surface area contributed by atoms with Gasteiger partial charge in [-0.2, -0.15) is 0 Å². The van der Waals surface area contributed by atoms with Crippen molar-refractivity contribution in [3.8, 4) is 0 Å². The quantitative estimate of drug-likeness (QED) is 0.267. The fraction of sp³-hybridized carbons (Fsp3) is 0.889. The van der Waals surface area contributed by atoms with Crippen molar-refractivity contribution in [1.29, 1.82) is 0 Å². The summed E-state index contributed by atoms with van der Waals surface area (Å²) in [4.78, 5) is 40.5. The number of hydrogen-bond donors (Lipinski definition) is 0.